The maximum atomic E-state index is 11.9. The van der Waals surface area contributed by atoms with E-state index in [0.717, 1.165) is 24.5 Å². The number of hydrogen-bond donors (Lipinski definition) is 3. The van der Waals surface area contributed by atoms with E-state index in [9.17, 15) is 4.79 Å². The number of aryl methyl sites for hydroxylation is 1. The first-order valence-electron chi connectivity index (χ1n) is 8.50. The van der Waals surface area contributed by atoms with E-state index in [4.69, 9.17) is 4.42 Å². The molecule has 1 heterocycles. The highest BCUT2D eigenvalue weighted by Gasteiger charge is 2.14. The predicted octanol–water partition coefficient (Wildman–Crippen LogP) is 2.82. The third-order valence-electron chi connectivity index (χ3n) is 4.17. The Balaban J connectivity index is 0.00000288. The van der Waals surface area contributed by atoms with Gasteiger partial charge in [-0.05, 0) is 32.3 Å². The van der Waals surface area contributed by atoms with Crippen LogP contribution in [0.4, 0.5) is 0 Å². The molecule has 24 heavy (non-hydrogen) atoms. The van der Waals surface area contributed by atoms with Gasteiger partial charge in [0.1, 0.15) is 0 Å². The van der Waals surface area contributed by atoms with Gasteiger partial charge >= 0.3 is 0 Å². The Hall–Kier alpha value is -1.25. The molecule has 0 aromatic carbocycles. The molecule has 1 amide bonds. The Labute approximate surface area is 161 Å². The molecule has 1 aromatic rings. The van der Waals surface area contributed by atoms with E-state index in [1.165, 1.54) is 38.4 Å². The molecule has 0 aliphatic heterocycles. The zero-order valence-electron chi connectivity index (χ0n) is 14.6. The number of rotatable bonds is 6. The lowest BCUT2D eigenvalue weighted by Gasteiger charge is -2.24. The van der Waals surface area contributed by atoms with Crippen LogP contribution in [-0.4, -0.2) is 38.0 Å². The Morgan fingerprint density at radius 1 is 1.25 bits per heavy atom. The van der Waals surface area contributed by atoms with E-state index in [1.807, 2.05) is 6.92 Å². The number of nitrogens with zero attached hydrogens (tertiary/aromatic N) is 1. The van der Waals surface area contributed by atoms with Crippen LogP contribution in [0.25, 0.3) is 0 Å². The number of carbonyl (C=O) groups is 1. The van der Waals surface area contributed by atoms with Gasteiger partial charge in [-0.3, -0.25) is 9.79 Å². The van der Waals surface area contributed by atoms with Crippen molar-refractivity contribution < 1.29 is 9.21 Å². The summed E-state index contributed by atoms with van der Waals surface area (Å²) in [7, 11) is 1.79. The van der Waals surface area contributed by atoms with Gasteiger partial charge in [0.05, 0.1) is 6.26 Å². The first-order valence-corrected chi connectivity index (χ1v) is 8.50. The maximum Gasteiger partial charge on any atom is 0.287 e. The number of nitrogens with one attached hydrogen (secondary N) is 3. The molecule has 3 N–H and O–H groups in total. The minimum Gasteiger partial charge on any atom is -0.459 e. The molecule has 0 radical (unpaired) electrons. The second kappa shape index (κ2) is 11.3. The molecule has 0 saturated heterocycles. The van der Waals surface area contributed by atoms with Crippen LogP contribution in [0.3, 0.4) is 0 Å². The van der Waals surface area contributed by atoms with Crippen molar-refractivity contribution in [3.05, 3.63) is 23.7 Å². The van der Waals surface area contributed by atoms with Crippen LogP contribution in [0, 0.1) is 6.92 Å². The van der Waals surface area contributed by atoms with Gasteiger partial charge in [0.25, 0.3) is 5.91 Å². The molecular weight excluding hydrogens is 419 g/mol. The van der Waals surface area contributed by atoms with E-state index in [2.05, 4.69) is 20.9 Å². The molecule has 2 rings (SSSR count). The predicted molar refractivity (Wildman–Crippen MR) is 107 cm³/mol. The first-order chi connectivity index (χ1) is 11.2. The molecule has 1 aliphatic rings. The van der Waals surface area contributed by atoms with Crippen LogP contribution < -0.4 is 16.0 Å². The summed E-state index contributed by atoms with van der Waals surface area (Å²) in [4.78, 5) is 16.1. The van der Waals surface area contributed by atoms with Gasteiger partial charge in [-0.25, -0.2) is 0 Å². The molecule has 1 fully saturated rings. The molecule has 1 aliphatic carbocycles. The molecule has 1 saturated carbocycles. The molecule has 0 bridgehead atoms. The van der Waals surface area contributed by atoms with Crippen molar-refractivity contribution in [3.8, 4) is 0 Å². The molecule has 0 atom stereocenters. The fourth-order valence-electron chi connectivity index (χ4n) is 2.82. The van der Waals surface area contributed by atoms with Crippen LogP contribution >= 0.6 is 24.0 Å². The van der Waals surface area contributed by atoms with E-state index in [0.29, 0.717) is 18.3 Å². The number of amides is 1. The smallest absolute Gasteiger partial charge is 0.287 e. The largest absolute Gasteiger partial charge is 0.459 e. The highest BCUT2D eigenvalue weighted by Crippen LogP contribution is 2.17. The first kappa shape index (κ1) is 20.8. The van der Waals surface area contributed by atoms with Gasteiger partial charge in [-0.1, -0.05) is 19.3 Å². The maximum absolute atomic E-state index is 11.9. The van der Waals surface area contributed by atoms with Crippen LogP contribution in [0.2, 0.25) is 0 Å². The highest BCUT2D eigenvalue weighted by molar-refractivity contribution is 14.0. The molecule has 6 nitrogen and oxygen atoms in total. The van der Waals surface area contributed by atoms with E-state index < -0.39 is 0 Å². The van der Waals surface area contributed by atoms with Crippen LogP contribution in [-0.2, 0) is 0 Å². The second-order valence-electron chi connectivity index (χ2n) is 6.02. The third-order valence-corrected chi connectivity index (χ3v) is 4.17. The Morgan fingerprint density at radius 2 is 1.96 bits per heavy atom. The van der Waals surface area contributed by atoms with Gasteiger partial charge in [-0.2, -0.15) is 0 Å². The SMILES string of the molecule is CN=C(NCCCNC(=O)c1occc1C)NC1CCCCC1.I. The van der Waals surface area contributed by atoms with Crippen LogP contribution in [0.1, 0.15) is 54.6 Å². The van der Waals surface area contributed by atoms with Crippen molar-refractivity contribution in [3.63, 3.8) is 0 Å². The van der Waals surface area contributed by atoms with Gasteiger partial charge in [0, 0.05) is 31.7 Å². The fraction of sp³-hybridized carbons (Fsp3) is 0.647. The highest BCUT2D eigenvalue weighted by atomic mass is 127. The van der Waals surface area contributed by atoms with Crippen molar-refractivity contribution >= 4 is 35.8 Å². The van der Waals surface area contributed by atoms with E-state index in [1.54, 1.807) is 13.1 Å². The summed E-state index contributed by atoms with van der Waals surface area (Å²) in [5.41, 5.74) is 0.859. The number of aliphatic imine (C=N–C) groups is 1. The zero-order valence-corrected chi connectivity index (χ0v) is 16.9. The number of guanidine groups is 1. The van der Waals surface area contributed by atoms with Crippen molar-refractivity contribution in [1.82, 2.24) is 16.0 Å². The van der Waals surface area contributed by atoms with Crippen molar-refractivity contribution in [2.45, 2.75) is 51.5 Å². The lowest BCUT2D eigenvalue weighted by atomic mass is 9.96. The molecule has 0 spiro atoms. The fourth-order valence-corrected chi connectivity index (χ4v) is 2.82. The number of furan rings is 1. The summed E-state index contributed by atoms with van der Waals surface area (Å²) < 4.78 is 5.17. The molecule has 7 heteroatoms. The lowest BCUT2D eigenvalue weighted by Crippen LogP contribution is -2.44. The van der Waals surface area contributed by atoms with Gasteiger partial charge in [0.2, 0.25) is 0 Å². The summed E-state index contributed by atoms with van der Waals surface area (Å²) in [6, 6.07) is 2.33. The monoisotopic (exact) mass is 448 g/mol. The number of carbonyl (C=O) groups excluding carboxylic acids is 1. The lowest BCUT2D eigenvalue weighted by molar-refractivity contribution is 0.0925. The summed E-state index contributed by atoms with van der Waals surface area (Å²) in [6.07, 6.45) is 8.75. The van der Waals surface area contributed by atoms with E-state index in [-0.39, 0.29) is 29.9 Å². The number of hydrogen-bond acceptors (Lipinski definition) is 3. The Morgan fingerprint density at radius 3 is 2.58 bits per heavy atom. The average Bonchev–Trinajstić information content (AvgIpc) is 3.00. The molecule has 136 valence electrons. The average molecular weight is 448 g/mol. The van der Waals surface area contributed by atoms with Crippen LogP contribution in [0.15, 0.2) is 21.7 Å². The molecular formula is C17H29IN4O2. The van der Waals surface area contributed by atoms with Gasteiger partial charge in [-0.15, -0.1) is 24.0 Å². The summed E-state index contributed by atoms with van der Waals surface area (Å²) in [6.45, 7) is 3.23. The topological polar surface area (TPSA) is 78.7 Å². The minimum atomic E-state index is -0.155. The summed E-state index contributed by atoms with van der Waals surface area (Å²) in [5.74, 6) is 1.09. The Bertz CT molecular complexity index is 524. The standard InChI is InChI=1S/C17H28N4O2.HI/c1-13-9-12-23-15(13)16(22)19-10-6-11-20-17(18-2)21-14-7-4-3-5-8-14;/h9,12,14H,3-8,10-11H2,1-2H3,(H,19,22)(H2,18,20,21);1H. The molecule has 0 unspecified atom stereocenters. The van der Waals surface area contributed by atoms with E-state index >= 15 is 0 Å². The molecule has 1 aromatic heterocycles. The quantitative estimate of drug-likeness (QED) is 0.271. The third kappa shape index (κ3) is 6.70. The zero-order chi connectivity index (χ0) is 16.5. The van der Waals surface area contributed by atoms with Gasteiger partial charge < -0.3 is 20.4 Å². The normalized spacial score (nSPS) is 15.5. The minimum absolute atomic E-state index is 0. The summed E-state index contributed by atoms with van der Waals surface area (Å²) >= 11 is 0. The Kier molecular flexibility index (Phi) is 9.82. The van der Waals surface area contributed by atoms with Crippen molar-refractivity contribution in [1.29, 1.82) is 0 Å². The van der Waals surface area contributed by atoms with Crippen molar-refractivity contribution in [2.24, 2.45) is 4.99 Å². The van der Waals surface area contributed by atoms with Crippen LogP contribution in [0.5, 0.6) is 0 Å². The second-order valence-corrected chi connectivity index (χ2v) is 6.02. The van der Waals surface area contributed by atoms with Crippen molar-refractivity contribution in [2.75, 3.05) is 20.1 Å². The number of halogens is 1. The summed E-state index contributed by atoms with van der Waals surface area (Å²) in [5, 5.41) is 9.64. The van der Waals surface area contributed by atoms with Gasteiger partial charge in [0.15, 0.2) is 11.7 Å².